The molecule has 0 aliphatic rings. The molecule has 1 rings (SSSR count). The minimum Gasteiger partial charge on any atom is -0.481 e. The molecule has 2 amide bonds. The summed E-state index contributed by atoms with van der Waals surface area (Å²) in [4.78, 5) is 22.2. The van der Waals surface area contributed by atoms with E-state index in [0.717, 1.165) is 4.47 Å². The molecule has 0 heterocycles. The molecule has 1 aromatic rings. The Balaban J connectivity index is 2.38. The Morgan fingerprint density at radius 2 is 1.95 bits per heavy atom. The molecular weight excluding hydrogens is 312 g/mol. The molecular formula is C13H17BrN2O3. The van der Waals surface area contributed by atoms with Crippen molar-refractivity contribution in [1.29, 1.82) is 0 Å². The maximum Gasteiger partial charge on any atom is 0.319 e. The molecule has 0 saturated carbocycles. The minimum atomic E-state index is -0.845. The van der Waals surface area contributed by atoms with E-state index in [0.29, 0.717) is 18.7 Å². The van der Waals surface area contributed by atoms with Gasteiger partial charge < -0.3 is 15.7 Å². The number of carboxylic acids is 1. The lowest BCUT2D eigenvalue weighted by molar-refractivity contribution is -0.138. The van der Waals surface area contributed by atoms with Crippen LogP contribution in [0.2, 0.25) is 0 Å². The van der Waals surface area contributed by atoms with E-state index < -0.39 is 5.97 Å². The molecule has 0 spiro atoms. The molecule has 104 valence electrons. The first-order chi connectivity index (χ1) is 9.01. The van der Waals surface area contributed by atoms with Crippen LogP contribution in [0.5, 0.6) is 0 Å². The molecule has 19 heavy (non-hydrogen) atoms. The van der Waals surface area contributed by atoms with Crippen LogP contribution in [-0.2, 0) is 4.79 Å². The molecule has 0 fully saturated rings. The second kappa shape index (κ2) is 7.78. The number of urea groups is 1. The summed E-state index contributed by atoms with van der Waals surface area (Å²) in [7, 11) is 0. The number of carboxylic acid groups (broad SMARTS) is 1. The lowest BCUT2D eigenvalue weighted by atomic mass is 10.0. The Labute approximate surface area is 120 Å². The van der Waals surface area contributed by atoms with Crippen LogP contribution in [0.25, 0.3) is 0 Å². The normalized spacial score (nSPS) is 11.7. The SMILES string of the molecule is CCC(CNC(=O)Nc1ccc(Br)cc1)CC(=O)O. The first kappa shape index (κ1) is 15.5. The third-order valence-corrected chi connectivity index (χ3v) is 3.22. The molecule has 0 aliphatic carbocycles. The van der Waals surface area contributed by atoms with Crippen molar-refractivity contribution in [2.24, 2.45) is 5.92 Å². The van der Waals surface area contributed by atoms with Crippen LogP contribution in [0, 0.1) is 5.92 Å². The summed E-state index contributed by atoms with van der Waals surface area (Å²) < 4.78 is 0.936. The molecule has 1 unspecified atom stereocenters. The van der Waals surface area contributed by atoms with Crippen molar-refractivity contribution >= 4 is 33.6 Å². The van der Waals surface area contributed by atoms with E-state index in [4.69, 9.17) is 5.11 Å². The summed E-state index contributed by atoms with van der Waals surface area (Å²) in [5.41, 5.74) is 0.687. The van der Waals surface area contributed by atoms with Gasteiger partial charge in [0.1, 0.15) is 0 Å². The van der Waals surface area contributed by atoms with E-state index in [-0.39, 0.29) is 18.4 Å². The van der Waals surface area contributed by atoms with Crippen molar-refractivity contribution < 1.29 is 14.7 Å². The van der Waals surface area contributed by atoms with Gasteiger partial charge in [0.15, 0.2) is 0 Å². The Hall–Kier alpha value is -1.56. The first-order valence-corrected chi connectivity index (χ1v) is 6.82. The fourth-order valence-corrected chi connectivity index (χ4v) is 1.82. The fraction of sp³-hybridized carbons (Fsp3) is 0.385. The van der Waals surface area contributed by atoms with Crippen LogP contribution in [0.15, 0.2) is 28.7 Å². The van der Waals surface area contributed by atoms with Gasteiger partial charge in [-0.1, -0.05) is 29.3 Å². The Morgan fingerprint density at radius 3 is 2.47 bits per heavy atom. The van der Waals surface area contributed by atoms with Crippen molar-refractivity contribution in [1.82, 2.24) is 5.32 Å². The number of aliphatic carboxylic acids is 1. The number of hydrogen-bond acceptors (Lipinski definition) is 2. The van der Waals surface area contributed by atoms with E-state index in [9.17, 15) is 9.59 Å². The summed E-state index contributed by atoms with van der Waals surface area (Å²) >= 11 is 3.31. The van der Waals surface area contributed by atoms with Gasteiger partial charge in [0.25, 0.3) is 0 Å². The lowest BCUT2D eigenvalue weighted by Gasteiger charge is -2.14. The van der Waals surface area contributed by atoms with Gasteiger partial charge in [-0.15, -0.1) is 0 Å². The number of nitrogens with one attached hydrogen (secondary N) is 2. The first-order valence-electron chi connectivity index (χ1n) is 6.03. The summed E-state index contributed by atoms with van der Waals surface area (Å²) in [6, 6.07) is 6.88. The number of rotatable bonds is 6. The zero-order chi connectivity index (χ0) is 14.3. The van der Waals surface area contributed by atoms with Gasteiger partial charge in [-0.05, 0) is 30.2 Å². The van der Waals surface area contributed by atoms with Crippen molar-refractivity contribution in [3.8, 4) is 0 Å². The van der Waals surface area contributed by atoms with Crippen LogP contribution < -0.4 is 10.6 Å². The second-order valence-corrected chi connectivity index (χ2v) is 5.13. The molecule has 3 N–H and O–H groups in total. The summed E-state index contributed by atoms with van der Waals surface area (Å²) in [6.07, 6.45) is 0.778. The van der Waals surface area contributed by atoms with Crippen LogP contribution in [-0.4, -0.2) is 23.7 Å². The van der Waals surface area contributed by atoms with Crippen molar-refractivity contribution in [2.75, 3.05) is 11.9 Å². The predicted octanol–water partition coefficient (Wildman–Crippen LogP) is 3.07. The molecule has 1 atom stereocenters. The molecule has 6 heteroatoms. The second-order valence-electron chi connectivity index (χ2n) is 4.21. The van der Waals surface area contributed by atoms with E-state index in [1.807, 2.05) is 19.1 Å². The van der Waals surface area contributed by atoms with Gasteiger partial charge in [-0.25, -0.2) is 4.79 Å². The number of carbonyl (C=O) groups is 2. The van der Waals surface area contributed by atoms with Gasteiger partial charge in [0.2, 0.25) is 0 Å². The van der Waals surface area contributed by atoms with Gasteiger partial charge in [-0.2, -0.15) is 0 Å². The zero-order valence-electron chi connectivity index (χ0n) is 10.6. The van der Waals surface area contributed by atoms with Crippen molar-refractivity contribution in [3.63, 3.8) is 0 Å². The number of amides is 2. The standard InChI is InChI=1S/C13H17BrN2O3/c1-2-9(7-12(17)18)8-15-13(19)16-11-5-3-10(14)4-6-11/h3-6,9H,2,7-8H2,1H3,(H,17,18)(H2,15,16,19). The zero-order valence-corrected chi connectivity index (χ0v) is 12.2. The summed E-state index contributed by atoms with van der Waals surface area (Å²) in [5.74, 6) is -0.893. The van der Waals surface area contributed by atoms with Crippen LogP contribution in [0.4, 0.5) is 10.5 Å². The number of anilines is 1. The Bertz CT molecular complexity index is 434. The number of hydrogen-bond donors (Lipinski definition) is 3. The van der Waals surface area contributed by atoms with Crippen molar-refractivity contribution in [2.45, 2.75) is 19.8 Å². The molecule has 0 saturated heterocycles. The molecule has 0 aromatic heterocycles. The predicted molar refractivity (Wildman–Crippen MR) is 77.2 cm³/mol. The minimum absolute atomic E-state index is 0.0480. The maximum atomic E-state index is 11.6. The molecule has 1 aromatic carbocycles. The molecule has 0 radical (unpaired) electrons. The van der Waals surface area contributed by atoms with Gasteiger partial charge in [-0.3, -0.25) is 4.79 Å². The largest absolute Gasteiger partial charge is 0.481 e. The number of carbonyl (C=O) groups excluding carboxylic acids is 1. The van der Waals surface area contributed by atoms with Gasteiger partial charge in [0.05, 0.1) is 0 Å². The van der Waals surface area contributed by atoms with E-state index in [2.05, 4.69) is 26.6 Å². The molecule has 0 aliphatic heterocycles. The monoisotopic (exact) mass is 328 g/mol. The smallest absolute Gasteiger partial charge is 0.319 e. The van der Waals surface area contributed by atoms with E-state index in [1.54, 1.807) is 12.1 Å². The van der Waals surface area contributed by atoms with E-state index in [1.165, 1.54) is 0 Å². The average Bonchev–Trinajstić information content (AvgIpc) is 2.37. The lowest BCUT2D eigenvalue weighted by Crippen LogP contribution is -2.33. The van der Waals surface area contributed by atoms with E-state index >= 15 is 0 Å². The number of benzene rings is 1. The number of halogens is 1. The highest BCUT2D eigenvalue weighted by molar-refractivity contribution is 9.10. The Kier molecular flexibility index (Phi) is 6.35. The van der Waals surface area contributed by atoms with Crippen LogP contribution >= 0.6 is 15.9 Å². The van der Waals surface area contributed by atoms with Gasteiger partial charge >= 0.3 is 12.0 Å². The topological polar surface area (TPSA) is 78.4 Å². The highest BCUT2D eigenvalue weighted by Crippen LogP contribution is 2.14. The average molecular weight is 329 g/mol. The van der Waals surface area contributed by atoms with Crippen LogP contribution in [0.3, 0.4) is 0 Å². The molecule has 5 nitrogen and oxygen atoms in total. The Morgan fingerprint density at radius 1 is 1.32 bits per heavy atom. The molecule has 0 bridgehead atoms. The van der Waals surface area contributed by atoms with Crippen LogP contribution in [0.1, 0.15) is 19.8 Å². The highest BCUT2D eigenvalue weighted by atomic mass is 79.9. The summed E-state index contributed by atoms with van der Waals surface area (Å²) in [6.45, 7) is 2.26. The fourth-order valence-electron chi connectivity index (χ4n) is 1.55. The third kappa shape index (κ3) is 6.24. The van der Waals surface area contributed by atoms with Gasteiger partial charge in [0, 0.05) is 23.1 Å². The third-order valence-electron chi connectivity index (χ3n) is 2.69. The summed E-state index contributed by atoms with van der Waals surface area (Å²) in [5, 5.41) is 14.1. The maximum absolute atomic E-state index is 11.6. The quantitative estimate of drug-likeness (QED) is 0.750. The highest BCUT2D eigenvalue weighted by Gasteiger charge is 2.12. The van der Waals surface area contributed by atoms with Crippen molar-refractivity contribution in [3.05, 3.63) is 28.7 Å².